The van der Waals surface area contributed by atoms with E-state index < -0.39 is 0 Å². The van der Waals surface area contributed by atoms with Crippen molar-refractivity contribution in [2.24, 2.45) is 0 Å². The van der Waals surface area contributed by atoms with Crippen molar-refractivity contribution in [2.45, 2.75) is 80.9 Å². The fourth-order valence-electron chi connectivity index (χ4n) is 3.88. The van der Waals surface area contributed by atoms with E-state index in [-0.39, 0.29) is 29.1 Å². The highest BCUT2D eigenvalue weighted by atomic mass is 32.2. The lowest BCUT2D eigenvalue weighted by atomic mass is 9.97. The molecule has 1 N–H and O–H groups in total. The average molecular weight is 375 g/mol. The molecule has 1 aliphatic heterocycles. The molecule has 1 aliphatic carbocycles. The van der Waals surface area contributed by atoms with Gasteiger partial charge in [-0.3, -0.25) is 9.59 Å². The molecule has 1 saturated carbocycles. The fraction of sp³-hybridized carbons (Fsp3) is 0.619. The van der Waals surface area contributed by atoms with Crippen LogP contribution in [0, 0.1) is 0 Å². The first-order valence-corrected chi connectivity index (χ1v) is 10.6. The summed E-state index contributed by atoms with van der Waals surface area (Å²) in [7, 11) is 0. The molecule has 2 amide bonds. The smallest absolute Gasteiger partial charge is 0.240 e. The summed E-state index contributed by atoms with van der Waals surface area (Å²) in [5.74, 6) is -0.0105. The Labute approximate surface area is 161 Å². The second-order valence-electron chi connectivity index (χ2n) is 8.10. The molecule has 1 fully saturated rings. The summed E-state index contributed by atoms with van der Waals surface area (Å²) in [6.45, 7) is 4.29. The third-order valence-electron chi connectivity index (χ3n) is 5.19. The molecular weight excluding hydrogens is 344 g/mol. The van der Waals surface area contributed by atoms with Crippen LogP contribution in [-0.2, 0) is 9.59 Å². The number of rotatable bonds is 3. The second kappa shape index (κ2) is 8.47. The summed E-state index contributed by atoms with van der Waals surface area (Å²) < 4.78 is -0.169. The summed E-state index contributed by atoms with van der Waals surface area (Å²) in [5.41, 5.74) is 0.862. The molecule has 4 nitrogen and oxygen atoms in total. The Morgan fingerprint density at radius 2 is 1.81 bits per heavy atom. The lowest BCUT2D eigenvalue weighted by molar-refractivity contribution is -0.124. The van der Waals surface area contributed by atoms with Crippen LogP contribution < -0.4 is 10.2 Å². The summed E-state index contributed by atoms with van der Waals surface area (Å²) in [4.78, 5) is 28.3. The van der Waals surface area contributed by atoms with Crippen molar-refractivity contribution in [1.29, 1.82) is 0 Å². The van der Waals surface area contributed by atoms with Gasteiger partial charge in [0.05, 0.1) is 5.69 Å². The molecule has 1 aromatic carbocycles. The molecule has 0 radical (unpaired) electrons. The number of nitrogens with zero attached hydrogens (tertiary/aromatic N) is 1. The minimum atomic E-state index is -0.169. The maximum Gasteiger partial charge on any atom is 0.240 e. The molecule has 2 aliphatic rings. The van der Waals surface area contributed by atoms with E-state index in [1.807, 2.05) is 24.3 Å². The lowest BCUT2D eigenvalue weighted by Crippen LogP contribution is -2.45. The number of hydrogen-bond acceptors (Lipinski definition) is 3. The Morgan fingerprint density at radius 1 is 1.15 bits per heavy atom. The van der Waals surface area contributed by atoms with E-state index in [1.165, 1.54) is 32.1 Å². The number of para-hydroxylation sites is 1. The molecule has 1 heterocycles. The maximum absolute atomic E-state index is 12.9. The van der Waals surface area contributed by atoms with Crippen molar-refractivity contribution >= 4 is 29.3 Å². The second-order valence-corrected chi connectivity index (χ2v) is 9.84. The van der Waals surface area contributed by atoms with E-state index in [4.69, 9.17) is 0 Å². The van der Waals surface area contributed by atoms with Gasteiger partial charge in [0, 0.05) is 22.1 Å². The van der Waals surface area contributed by atoms with Gasteiger partial charge < -0.3 is 10.2 Å². The fourth-order valence-corrected chi connectivity index (χ4v) is 5.11. The van der Waals surface area contributed by atoms with Gasteiger partial charge in [0.15, 0.2) is 0 Å². The predicted molar refractivity (Wildman–Crippen MR) is 108 cm³/mol. The molecule has 5 heteroatoms. The molecule has 3 rings (SSSR count). The molecule has 0 unspecified atom stereocenters. The monoisotopic (exact) mass is 374 g/mol. The highest BCUT2D eigenvalue weighted by molar-refractivity contribution is 8.00. The topological polar surface area (TPSA) is 49.4 Å². The van der Waals surface area contributed by atoms with Gasteiger partial charge in [-0.25, -0.2) is 0 Å². The third kappa shape index (κ3) is 5.03. The number of fused-ring (bicyclic) bond motifs is 1. The number of thioether (sulfide) groups is 1. The zero-order valence-electron chi connectivity index (χ0n) is 15.9. The molecule has 26 heavy (non-hydrogen) atoms. The van der Waals surface area contributed by atoms with Gasteiger partial charge in [-0.05, 0) is 38.8 Å². The van der Waals surface area contributed by atoms with Crippen molar-refractivity contribution in [3.05, 3.63) is 24.3 Å². The van der Waals surface area contributed by atoms with Crippen LogP contribution in [-0.4, -0.2) is 29.1 Å². The average Bonchev–Trinajstić information content (AvgIpc) is 2.63. The van der Waals surface area contributed by atoms with Crippen LogP contribution in [0.4, 0.5) is 5.69 Å². The molecule has 142 valence electrons. The van der Waals surface area contributed by atoms with Crippen LogP contribution in [0.25, 0.3) is 0 Å². The number of carbonyl (C=O) groups excluding carboxylic acids is 2. The molecule has 0 atom stereocenters. The Morgan fingerprint density at radius 3 is 2.54 bits per heavy atom. The lowest BCUT2D eigenvalue weighted by Gasteiger charge is -2.25. The quantitative estimate of drug-likeness (QED) is 0.846. The molecule has 0 aromatic heterocycles. The van der Waals surface area contributed by atoms with Crippen molar-refractivity contribution in [1.82, 2.24) is 5.32 Å². The minimum absolute atomic E-state index is 0.0280. The van der Waals surface area contributed by atoms with E-state index in [0.29, 0.717) is 6.42 Å². The van der Waals surface area contributed by atoms with Crippen molar-refractivity contribution < 1.29 is 9.59 Å². The molecule has 1 aromatic rings. The van der Waals surface area contributed by atoms with E-state index >= 15 is 0 Å². The SMILES string of the molecule is CC1(C)CC(=O)N(CC(=O)NC2CCCCCCC2)c2ccccc2S1. The van der Waals surface area contributed by atoms with Crippen LogP contribution in [0.2, 0.25) is 0 Å². The van der Waals surface area contributed by atoms with Crippen LogP contribution in [0.3, 0.4) is 0 Å². The summed E-state index contributed by atoms with van der Waals surface area (Å²) in [5, 5.41) is 3.19. The first kappa shape index (κ1) is 19.3. The van der Waals surface area contributed by atoms with Crippen LogP contribution in [0.1, 0.15) is 65.2 Å². The Hall–Kier alpha value is -1.49. The first-order valence-electron chi connectivity index (χ1n) is 9.82. The number of anilines is 1. The Bertz CT molecular complexity index is 651. The van der Waals surface area contributed by atoms with Gasteiger partial charge in [0.25, 0.3) is 0 Å². The third-order valence-corrected chi connectivity index (χ3v) is 6.45. The molecule has 0 saturated heterocycles. The summed E-state index contributed by atoms with van der Waals surface area (Å²) in [6, 6.07) is 8.17. The highest BCUT2D eigenvalue weighted by Crippen LogP contribution is 2.43. The first-order chi connectivity index (χ1) is 12.4. The summed E-state index contributed by atoms with van der Waals surface area (Å²) in [6.07, 6.45) is 8.74. The predicted octanol–water partition coefficient (Wildman–Crippen LogP) is 4.52. The maximum atomic E-state index is 12.9. The van der Waals surface area contributed by atoms with Crippen LogP contribution in [0.15, 0.2) is 29.2 Å². The number of hydrogen-bond donors (Lipinski definition) is 1. The normalized spacial score (nSPS) is 21.3. The van der Waals surface area contributed by atoms with Gasteiger partial charge >= 0.3 is 0 Å². The van der Waals surface area contributed by atoms with E-state index in [1.54, 1.807) is 16.7 Å². The van der Waals surface area contributed by atoms with E-state index in [9.17, 15) is 9.59 Å². The Balaban J connectivity index is 1.71. The minimum Gasteiger partial charge on any atom is -0.352 e. The van der Waals surface area contributed by atoms with E-state index in [2.05, 4.69) is 19.2 Å². The van der Waals surface area contributed by atoms with Crippen molar-refractivity contribution in [3.8, 4) is 0 Å². The van der Waals surface area contributed by atoms with Gasteiger partial charge in [0.2, 0.25) is 11.8 Å². The molecule has 0 bridgehead atoms. The zero-order chi connectivity index (χ0) is 18.6. The van der Waals surface area contributed by atoms with Gasteiger partial charge in [-0.15, -0.1) is 11.8 Å². The number of amides is 2. The summed E-state index contributed by atoms with van der Waals surface area (Å²) >= 11 is 1.72. The zero-order valence-corrected chi connectivity index (χ0v) is 16.7. The van der Waals surface area contributed by atoms with Gasteiger partial charge in [0.1, 0.15) is 6.54 Å². The molecule has 0 spiro atoms. The van der Waals surface area contributed by atoms with Crippen molar-refractivity contribution in [2.75, 3.05) is 11.4 Å². The van der Waals surface area contributed by atoms with Crippen LogP contribution in [0.5, 0.6) is 0 Å². The molecular formula is C21H30N2O2S. The largest absolute Gasteiger partial charge is 0.352 e. The Kier molecular flexibility index (Phi) is 6.28. The van der Waals surface area contributed by atoms with Crippen LogP contribution >= 0.6 is 11.8 Å². The number of nitrogens with one attached hydrogen (secondary N) is 1. The highest BCUT2D eigenvalue weighted by Gasteiger charge is 2.34. The van der Waals surface area contributed by atoms with E-state index in [0.717, 1.165) is 23.4 Å². The van der Waals surface area contributed by atoms with Crippen molar-refractivity contribution in [3.63, 3.8) is 0 Å². The number of carbonyl (C=O) groups is 2. The number of benzene rings is 1. The van der Waals surface area contributed by atoms with Gasteiger partial charge in [-0.1, -0.05) is 44.2 Å². The van der Waals surface area contributed by atoms with Gasteiger partial charge in [-0.2, -0.15) is 0 Å². The standard InChI is InChI=1S/C21H30N2O2S/c1-21(2)14-20(25)23(17-12-8-9-13-18(17)26-21)15-19(24)22-16-10-6-4-3-5-7-11-16/h8-9,12-13,16H,3-7,10-11,14-15H2,1-2H3,(H,22,24).